The summed E-state index contributed by atoms with van der Waals surface area (Å²) in [6.07, 6.45) is 3.09. The Bertz CT molecular complexity index is 363. The lowest BCUT2D eigenvalue weighted by atomic mass is 10.2. The Morgan fingerprint density at radius 3 is 2.69 bits per heavy atom. The Hall–Kier alpha value is -1.31. The Morgan fingerprint density at radius 1 is 1.31 bits per heavy atom. The second-order valence-corrected chi connectivity index (χ2v) is 3.17. The number of rotatable bonds is 0. The SMILES string of the molecule is CCC.Cc1ccc2[nH]ncc2c1. The van der Waals surface area contributed by atoms with Gasteiger partial charge in [-0.1, -0.05) is 31.9 Å². The molecule has 2 heteroatoms. The Morgan fingerprint density at radius 2 is 2.00 bits per heavy atom. The zero-order valence-electron chi connectivity index (χ0n) is 8.46. The summed E-state index contributed by atoms with van der Waals surface area (Å²) in [6, 6.07) is 6.22. The molecule has 0 amide bonds. The van der Waals surface area contributed by atoms with Crippen molar-refractivity contribution in [3.63, 3.8) is 0 Å². The summed E-state index contributed by atoms with van der Waals surface area (Å²) in [5.74, 6) is 0. The maximum Gasteiger partial charge on any atom is 0.0650 e. The maximum absolute atomic E-state index is 3.92. The van der Waals surface area contributed by atoms with Gasteiger partial charge in [0.2, 0.25) is 0 Å². The highest BCUT2D eigenvalue weighted by molar-refractivity contribution is 5.78. The molecule has 0 aliphatic rings. The van der Waals surface area contributed by atoms with Crippen LogP contribution < -0.4 is 0 Å². The maximum atomic E-state index is 3.92. The summed E-state index contributed by atoms with van der Waals surface area (Å²) in [5.41, 5.74) is 2.37. The van der Waals surface area contributed by atoms with Crippen LogP contribution in [0, 0.1) is 6.92 Å². The molecule has 0 saturated carbocycles. The second kappa shape index (κ2) is 4.65. The highest BCUT2D eigenvalue weighted by Crippen LogP contribution is 2.11. The van der Waals surface area contributed by atoms with E-state index in [0.717, 1.165) is 5.52 Å². The zero-order chi connectivity index (χ0) is 9.68. The molecule has 0 bridgehead atoms. The van der Waals surface area contributed by atoms with Gasteiger partial charge in [-0.2, -0.15) is 5.10 Å². The summed E-state index contributed by atoms with van der Waals surface area (Å²) in [6.45, 7) is 6.33. The van der Waals surface area contributed by atoms with Crippen LogP contribution in [0.4, 0.5) is 0 Å². The fourth-order valence-corrected chi connectivity index (χ4v) is 1.06. The van der Waals surface area contributed by atoms with Gasteiger partial charge in [0.05, 0.1) is 11.7 Å². The normalized spacial score (nSPS) is 9.46. The molecule has 1 heterocycles. The zero-order valence-corrected chi connectivity index (χ0v) is 8.46. The van der Waals surface area contributed by atoms with Crippen molar-refractivity contribution in [3.05, 3.63) is 30.0 Å². The van der Waals surface area contributed by atoms with Crippen molar-refractivity contribution in [1.82, 2.24) is 10.2 Å². The summed E-state index contributed by atoms with van der Waals surface area (Å²) in [7, 11) is 0. The summed E-state index contributed by atoms with van der Waals surface area (Å²) < 4.78 is 0. The standard InChI is InChI=1S/C8H8N2.C3H8/c1-6-2-3-8-7(4-6)5-9-10-8;1-3-2/h2-5H,1H3,(H,9,10);3H2,1-2H3. The lowest BCUT2D eigenvalue weighted by molar-refractivity contribution is 1.09. The van der Waals surface area contributed by atoms with E-state index in [1.807, 2.05) is 12.3 Å². The molecule has 1 aromatic carbocycles. The van der Waals surface area contributed by atoms with Crippen LogP contribution in [0.25, 0.3) is 10.9 Å². The quantitative estimate of drug-likeness (QED) is 0.655. The molecule has 2 aromatic rings. The van der Waals surface area contributed by atoms with Crippen molar-refractivity contribution in [1.29, 1.82) is 0 Å². The predicted molar refractivity (Wildman–Crippen MR) is 56.8 cm³/mol. The van der Waals surface area contributed by atoms with Crippen LogP contribution in [0.3, 0.4) is 0 Å². The molecule has 2 rings (SSSR count). The first kappa shape index (κ1) is 9.78. The van der Waals surface area contributed by atoms with E-state index in [1.165, 1.54) is 17.4 Å². The van der Waals surface area contributed by atoms with E-state index in [1.54, 1.807) is 0 Å². The van der Waals surface area contributed by atoms with Crippen LogP contribution >= 0.6 is 0 Å². The monoisotopic (exact) mass is 176 g/mol. The summed E-state index contributed by atoms with van der Waals surface area (Å²) in [4.78, 5) is 0. The minimum Gasteiger partial charge on any atom is -0.278 e. The first-order chi connectivity index (χ1) is 6.27. The van der Waals surface area contributed by atoms with E-state index >= 15 is 0 Å². The van der Waals surface area contributed by atoms with E-state index in [4.69, 9.17) is 0 Å². The van der Waals surface area contributed by atoms with Gasteiger partial charge >= 0.3 is 0 Å². The highest BCUT2D eigenvalue weighted by Gasteiger charge is 1.92. The average molecular weight is 176 g/mol. The number of aromatic nitrogens is 2. The molecule has 0 saturated heterocycles. The Balaban J connectivity index is 0.000000251. The largest absolute Gasteiger partial charge is 0.278 e. The Labute approximate surface area is 79.0 Å². The molecule has 0 fully saturated rings. The van der Waals surface area contributed by atoms with Crippen molar-refractivity contribution in [2.24, 2.45) is 0 Å². The molecule has 0 atom stereocenters. The molecule has 13 heavy (non-hydrogen) atoms. The number of hydrogen-bond acceptors (Lipinski definition) is 1. The van der Waals surface area contributed by atoms with Crippen LogP contribution in [-0.2, 0) is 0 Å². The first-order valence-electron chi connectivity index (χ1n) is 4.67. The van der Waals surface area contributed by atoms with Crippen LogP contribution in [0.1, 0.15) is 25.8 Å². The van der Waals surface area contributed by atoms with Crippen molar-refractivity contribution in [2.45, 2.75) is 27.2 Å². The number of fused-ring (bicyclic) bond motifs is 1. The number of H-pyrrole nitrogens is 1. The van der Waals surface area contributed by atoms with Crippen LogP contribution in [0.5, 0.6) is 0 Å². The van der Waals surface area contributed by atoms with Crippen molar-refractivity contribution in [3.8, 4) is 0 Å². The highest BCUT2D eigenvalue weighted by atomic mass is 15.1. The molecular weight excluding hydrogens is 160 g/mol. The lowest BCUT2D eigenvalue weighted by Gasteiger charge is -1.89. The fraction of sp³-hybridized carbons (Fsp3) is 0.364. The van der Waals surface area contributed by atoms with Gasteiger partial charge in [0, 0.05) is 5.39 Å². The average Bonchev–Trinajstić information content (AvgIpc) is 2.52. The van der Waals surface area contributed by atoms with Gasteiger partial charge in [0.25, 0.3) is 0 Å². The van der Waals surface area contributed by atoms with Gasteiger partial charge in [-0.05, 0) is 19.1 Å². The molecule has 70 valence electrons. The molecule has 2 nitrogen and oxygen atoms in total. The van der Waals surface area contributed by atoms with Crippen LogP contribution in [-0.4, -0.2) is 10.2 Å². The van der Waals surface area contributed by atoms with Crippen molar-refractivity contribution >= 4 is 10.9 Å². The topological polar surface area (TPSA) is 28.7 Å². The third-order valence-corrected chi connectivity index (χ3v) is 1.60. The summed E-state index contributed by atoms with van der Waals surface area (Å²) in [5, 5.41) is 7.99. The minimum absolute atomic E-state index is 1.10. The number of nitrogens with one attached hydrogen (secondary N) is 1. The van der Waals surface area contributed by atoms with Gasteiger partial charge in [-0.25, -0.2) is 0 Å². The lowest BCUT2D eigenvalue weighted by Crippen LogP contribution is -1.70. The molecule has 0 spiro atoms. The van der Waals surface area contributed by atoms with E-state index < -0.39 is 0 Å². The second-order valence-electron chi connectivity index (χ2n) is 3.17. The predicted octanol–water partition coefficient (Wildman–Crippen LogP) is 3.29. The van der Waals surface area contributed by atoms with Gasteiger partial charge < -0.3 is 0 Å². The van der Waals surface area contributed by atoms with E-state index in [-0.39, 0.29) is 0 Å². The third kappa shape index (κ3) is 2.58. The molecular formula is C11H16N2. The third-order valence-electron chi connectivity index (χ3n) is 1.60. The molecule has 0 aliphatic carbocycles. The molecule has 1 aromatic heterocycles. The van der Waals surface area contributed by atoms with Crippen LogP contribution in [0.2, 0.25) is 0 Å². The van der Waals surface area contributed by atoms with Gasteiger partial charge in [0.15, 0.2) is 0 Å². The smallest absolute Gasteiger partial charge is 0.0650 e. The van der Waals surface area contributed by atoms with Crippen molar-refractivity contribution in [2.75, 3.05) is 0 Å². The summed E-state index contributed by atoms with van der Waals surface area (Å²) >= 11 is 0. The van der Waals surface area contributed by atoms with Crippen molar-refractivity contribution < 1.29 is 0 Å². The number of benzene rings is 1. The number of aryl methyl sites for hydroxylation is 1. The van der Waals surface area contributed by atoms with Crippen LogP contribution in [0.15, 0.2) is 24.4 Å². The minimum atomic E-state index is 1.10. The van der Waals surface area contributed by atoms with E-state index in [0.29, 0.717) is 0 Å². The number of aromatic amines is 1. The van der Waals surface area contributed by atoms with Gasteiger partial charge in [-0.3, -0.25) is 5.10 Å². The van der Waals surface area contributed by atoms with Gasteiger partial charge in [0.1, 0.15) is 0 Å². The molecule has 0 radical (unpaired) electrons. The fourth-order valence-electron chi connectivity index (χ4n) is 1.06. The molecule has 0 aliphatic heterocycles. The molecule has 1 N–H and O–H groups in total. The number of nitrogens with zero attached hydrogens (tertiary/aromatic N) is 1. The Kier molecular flexibility index (Phi) is 3.50. The number of hydrogen-bond donors (Lipinski definition) is 1. The first-order valence-corrected chi connectivity index (χ1v) is 4.67. The van der Waals surface area contributed by atoms with Gasteiger partial charge in [-0.15, -0.1) is 0 Å². The van der Waals surface area contributed by atoms with E-state index in [9.17, 15) is 0 Å². The molecule has 0 unspecified atom stereocenters. The van der Waals surface area contributed by atoms with E-state index in [2.05, 4.69) is 43.1 Å².